The van der Waals surface area contributed by atoms with Crippen molar-refractivity contribution in [2.75, 3.05) is 5.32 Å². The lowest BCUT2D eigenvalue weighted by Crippen LogP contribution is -2.22. The number of aromatic amines is 1. The van der Waals surface area contributed by atoms with Gasteiger partial charge in [0, 0.05) is 16.6 Å². The van der Waals surface area contributed by atoms with Crippen LogP contribution in [0.1, 0.15) is 35.5 Å². The Balaban J connectivity index is 1.87. The van der Waals surface area contributed by atoms with Crippen molar-refractivity contribution in [1.29, 1.82) is 0 Å². The lowest BCUT2D eigenvalue weighted by molar-refractivity contribution is 0.102. The van der Waals surface area contributed by atoms with Crippen molar-refractivity contribution in [3.63, 3.8) is 0 Å². The number of amides is 1. The van der Waals surface area contributed by atoms with E-state index in [9.17, 15) is 4.79 Å². The van der Waals surface area contributed by atoms with Crippen LogP contribution in [-0.4, -0.2) is 28.3 Å². The Morgan fingerprint density at radius 3 is 2.38 bits per heavy atom. The second kappa shape index (κ2) is 8.26. The van der Waals surface area contributed by atoms with E-state index in [4.69, 9.17) is 17.3 Å². The molecule has 0 spiro atoms. The van der Waals surface area contributed by atoms with Crippen molar-refractivity contribution in [2.24, 2.45) is 32.6 Å². The van der Waals surface area contributed by atoms with Crippen LogP contribution in [0.4, 0.5) is 5.69 Å². The van der Waals surface area contributed by atoms with Gasteiger partial charge in [0.05, 0.1) is 16.9 Å². The maximum Gasteiger partial charge on any atom is 0.272 e. The molecule has 0 radical (unpaired) electrons. The Morgan fingerprint density at radius 2 is 1.72 bits per heavy atom. The second-order valence-electron chi connectivity index (χ2n) is 6.41. The minimum atomic E-state index is -0.261. The Hall–Kier alpha value is -4.14. The van der Waals surface area contributed by atoms with Crippen LogP contribution in [0.15, 0.2) is 63.8 Å². The van der Waals surface area contributed by atoms with Gasteiger partial charge < -0.3 is 27.6 Å². The zero-order valence-corrected chi connectivity index (χ0v) is 16.1. The molecule has 9 nitrogen and oxygen atoms in total. The minimum absolute atomic E-state index is 0.123. The number of nitrogens with zero attached hydrogens (tertiary/aromatic N) is 3. The number of guanidine groups is 1. The summed E-state index contributed by atoms with van der Waals surface area (Å²) in [5, 5.41) is 15.1. The first kappa shape index (κ1) is 19.6. The summed E-state index contributed by atoms with van der Waals surface area (Å²) < 4.78 is 0. The molecule has 3 rings (SSSR count). The first-order valence-corrected chi connectivity index (χ1v) is 8.80. The van der Waals surface area contributed by atoms with Crippen LogP contribution >= 0.6 is 0 Å². The maximum atomic E-state index is 12.7. The maximum absolute atomic E-state index is 12.7. The molecule has 1 aromatic heterocycles. The normalized spacial score (nSPS) is 12.1. The van der Waals surface area contributed by atoms with Crippen LogP contribution in [-0.2, 0) is 0 Å². The van der Waals surface area contributed by atoms with Crippen LogP contribution < -0.4 is 22.6 Å². The van der Waals surface area contributed by atoms with Crippen LogP contribution in [0.3, 0.4) is 0 Å². The highest BCUT2D eigenvalue weighted by molar-refractivity contribution is 6.12. The summed E-state index contributed by atoms with van der Waals surface area (Å²) in [7, 11) is 0. The van der Waals surface area contributed by atoms with Gasteiger partial charge in [0.25, 0.3) is 5.91 Å². The van der Waals surface area contributed by atoms with Gasteiger partial charge in [-0.1, -0.05) is 30.3 Å². The number of nitrogens with two attached hydrogens (primary N) is 3. The number of rotatable bonds is 5. The van der Waals surface area contributed by atoms with Crippen molar-refractivity contribution >= 4 is 39.9 Å². The molecule has 0 aliphatic carbocycles. The average molecular weight is 390 g/mol. The molecule has 0 unspecified atom stereocenters. The van der Waals surface area contributed by atoms with Gasteiger partial charge >= 0.3 is 0 Å². The number of anilines is 1. The Kier molecular flexibility index (Phi) is 5.59. The van der Waals surface area contributed by atoms with Gasteiger partial charge in [0.1, 0.15) is 5.69 Å². The lowest BCUT2D eigenvalue weighted by atomic mass is 10.1. The molecule has 1 amide bonds. The number of carbonyl (C=O) groups is 1. The number of H-pyrrole nitrogens is 1. The highest BCUT2D eigenvalue weighted by atomic mass is 16.1. The van der Waals surface area contributed by atoms with E-state index in [0.717, 1.165) is 22.0 Å². The quantitative estimate of drug-likeness (QED) is 0.195. The predicted molar refractivity (Wildman–Crippen MR) is 117 cm³/mol. The fourth-order valence-corrected chi connectivity index (χ4v) is 2.83. The monoisotopic (exact) mass is 390 g/mol. The number of hydrogen-bond acceptors (Lipinski definition) is 5. The number of hydrazone groups is 1. The van der Waals surface area contributed by atoms with Crippen LogP contribution in [0.25, 0.3) is 10.9 Å². The number of benzene rings is 2. The summed E-state index contributed by atoms with van der Waals surface area (Å²) in [5.41, 5.74) is 15.5. The zero-order chi connectivity index (χ0) is 21.0. The van der Waals surface area contributed by atoms with Crippen molar-refractivity contribution < 1.29 is 4.79 Å². The SMILES string of the molecule is C/C(=N\N)c1ccc(NC(=O)c2cc3cccc(/C(C)=N/N=C(N)N)c3[nH]2)cc1. The van der Waals surface area contributed by atoms with Crippen molar-refractivity contribution in [2.45, 2.75) is 13.8 Å². The van der Waals surface area contributed by atoms with E-state index >= 15 is 0 Å². The molecule has 0 aliphatic rings. The number of fused-ring (bicyclic) bond motifs is 1. The predicted octanol–water partition coefficient (Wildman–Crippen LogP) is 2.10. The number of para-hydroxylation sites is 1. The number of nitrogens with one attached hydrogen (secondary N) is 2. The molecule has 0 bridgehead atoms. The topological polar surface area (TPSA) is 160 Å². The van der Waals surface area contributed by atoms with Gasteiger partial charge in [0.2, 0.25) is 5.96 Å². The summed E-state index contributed by atoms with van der Waals surface area (Å²) in [4.78, 5) is 15.8. The first-order chi connectivity index (χ1) is 13.9. The molecule has 1 heterocycles. The van der Waals surface area contributed by atoms with E-state index in [1.54, 1.807) is 25.1 Å². The Morgan fingerprint density at radius 1 is 1.00 bits per heavy atom. The highest BCUT2D eigenvalue weighted by Crippen LogP contribution is 2.21. The van der Waals surface area contributed by atoms with E-state index in [-0.39, 0.29) is 11.9 Å². The molecule has 0 atom stereocenters. The average Bonchev–Trinajstić information content (AvgIpc) is 3.16. The second-order valence-corrected chi connectivity index (χ2v) is 6.41. The van der Waals surface area contributed by atoms with Crippen molar-refractivity contribution in [1.82, 2.24) is 4.98 Å². The molecule has 9 heteroatoms. The third-order valence-corrected chi connectivity index (χ3v) is 4.36. The largest absolute Gasteiger partial charge is 0.369 e. The van der Waals surface area contributed by atoms with Gasteiger partial charge in [-0.25, -0.2) is 0 Å². The van der Waals surface area contributed by atoms with Gasteiger partial charge in [-0.15, -0.1) is 5.10 Å². The molecule has 0 saturated carbocycles. The zero-order valence-electron chi connectivity index (χ0n) is 16.1. The fourth-order valence-electron chi connectivity index (χ4n) is 2.83. The summed E-state index contributed by atoms with van der Waals surface area (Å²) in [6.45, 7) is 3.60. The lowest BCUT2D eigenvalue weighted by Gasteiger charge is -2.05. The molecule has 2 aromatic carbocycles. The molecule has 29 heavy (non-hydrogen) atoms. The van der Waals surface area contributed by atoms with Gasteiger partial charge in [-0.3, -0.25) is 4.79 Å². The highest BCUT2D eigenvalue weighted by Gasteiger charge is 2.13. The van der Waals surface area contributed by atoms with Gasteiger partial charge in [-0.05, 0) is 37.6 Å². The summed E-state index contributed by atoms with van der Waals surface area (Å²) in [5.74, 6) is 4.90. The number of carbonyl (C=O) groups excluding carboxylic acids is 1. The van der Waals surface area contributed by atoms with E-state index in [2.05, 4.69) is 25.6 Å². The molecular formula is C20H22N8O. The summed E-state index contributed by atoms with van der Waals surface area (Å²) >= 11 is 0. The van der Waals surface area contributed by atoms with E-state index < -0.39 is 0 Å². The van der Waals surface area contributed by atoms with Gasteiger partial charge in [0.15, 0.2) is 0 Å². The van der Waals surface area contributed by atoms with Crippen LogP contribution in [0.5, 0.6) is 0 Å². The van der Waals surface area contributed by atoms with Gasteiger partial charge in [-0.2, -0.15) is 10.2 Å². The molecule has 3 aromatic rings. The van der Waals surface area contributed by atoms with E-state index in [0.29, 0.717) is 22.8 Å². The number of aromatic nitrogens is 1. The summed E-state index contributed by atoms with van der Waals surface area (Å²) in [6, 6.07) is 14.7. The summed E-state index contributed by atoms with van der Waals surface area (Å²) in [6.07, 6.45) is 0. The first-order valence-electron chi connectivity index (χ1n) is 8.80. The van der Waals surface area contributed by atoms with E-state index in [1.165, 1.54) is 0 Å². The third kappa shape index (κ3) is 4.41. The molecule has 148 valence electrons. The Labute approximate surface area is 167 Å². The van der Waals surface area contributed by atoms with Crippen molar-refractivity contribution in [3.05, 3.63) is 65.4 Å². The van der Waals surface area contributed by atoms with Crippen LogP contribution in [0.2, 0.25) is 0 Å². The fraction of sp³-hybridized carbons (Fsp3) is 0.100. The molecule has 8 N–H and O–H groups in total. The molecular weight excluding hydrogens is 368 g/mol. The van der Waals surface area contributed by atoms with E-state index in [1.807, 2.05) is 37.3 Å². The minimum Gasteiger partial charge on any atom is -0.369 e. The standard InChI is InChI=1S/C20H22N8O/c1-11(26-23)13-6-8-15(9-7-13)24-19(29)17-10-14-4-3-5-16(18(14)25-17)12(2)27-28-20(21)22/h3-10,25H,23H2,1-2H3,(H,24,29)(H4,21,22,28)/b26-11+,27-12+. The van der Waals surface area contributed by atoms with Crippen LogP contribution in [0, 0.1) is 0 Å². The smallest absolute Gasteiger partial charge is 0.272 e. The third-order valence-electron chi connectivity index (χ3n) is 4.36. The Bertz CT molecular complexity index is 1140. The molecule has 0 saturated heterocycles. The number of hydrogen-bond donors (Lipinski definition) is 5. The van der Waals surface area contributed by atoms with Crippen molar-refractivity contribution in [3.8, 4) is 0 Å². The molecule has 0 aliphatic heterocycles. The molecule has 0 fully saturated rings.